The first-order chi connectivity index (χ1) is 52.0. The Hall–Kier alpha value is -5.03. The van der Waals surface area contributed by atoms with E-state index in [4.69, 9.17) is 0 Å². The molecular weight excluding hydrogens is 1330 g/mol. The van der Waals surface area contributed by atoms with Crippen molar-refractivity contribution in [3.63, 3.8) is 0 Å². The molecule has 0 spiro atoms. The van der Waals surface area contributed by atoms with Gasteiger partial charge >= 0.3 is 0 Å². The van der Waals surface area contributed by atoms with Crippen LogP contribution in [-0.4, -0.2) is 48.4 Å². The van der Waals surface area contributed by atoms with E-state index >= 15 is 0 Å². The smallest absolute Gasteiger partial charge is 0.162 e. The molecule has 6 aromatic rings. The average molecular weight is 1500 g/mol. The summed E-state index contributed by atoms with van der Waals surface area (Å²) in [6.45, 7) is 74.4. The zero-order valence-corrected chi connectivity index (χ0v) is 77.8. The molecule has 0 bridgehead atoms. The standard InChI is InChI=1S/C26H27B.C18H23B.C18H35B.C17H31BSi.C14H31B.C10H19B/c1-19(2)26(3,4)27(24-17-9-13-20-11-5-7-15-22(20)24)25-18-10-14-21-12-6-8-16-23(21)25;1-15(2)18(3,4)19(16-11-7-5-8-12-16)17-13-9-6-10-14-17;1-7-9-11-13-15-19(16-14-12-10-8-2)18(5,6)17(3)4;1-19(2,3)15-14-18(16-10-6-4-7-11-16)17-12-8-5-9-13-17;1-7-9-11-15(12-10-8-2)14(5,6)13(3)4;1-7-11(8-2)10(5,6)9(3)4/h5-19H,1-4H3;5-15H,1-4H3;13-17H,7-12H2,1-6H3;16-17H,4-13H2,1-3H3;13H,7-12H2,1-6H3;7-9H,1-2H2,3-6H3. The van der Waals surface area contributed by atoms with Gasteiger partial charge in [-0.3, -0.25) is 0 Å². The van der Waals surface area contributed by atoms with Crippen molar-refractivity contribution in [2.75, 3.05) is 0 Å². The van der Waals surface area contributed by atoms with Crippen LogP contribution in [0, 0.1) is 41.0 Å². The largest absolute Gasteiger partial charge is 0.236 e. The summed E-state index contributed by atoms with van der Waals surface area (Å²) in [4.78, 5) is 0. The van der Waals surface area contributed by atoms with E-state index in [2.05, 4.69) is 380 Å². The summed E-state index contributed by atoms with van der Waals surface area (Å²) >= 11 is 0. The Morgan fingerprint density at radius 2 is 0.718 bits per heavy atom. The van der Waals surface area contributed by atoms with Crippen LogP contribution in [0.1, 0.15) is 295 Å². The maximum atomic E-state index is 3.81. The van der Waals surface area contributed by atoms with Crippen LogP contribution in [0.5, 0.6) is 0 Å². The van der Waals surface area contributed by atoms with Gasteiger partial charge in [0.25, 0.3) is 0 Å². The van der Waals surface area contributed by atoms with Crippen molar-refractivity contribution < 1.29 is 0 Å². The highest BCUT2D eigenvalue weighted by Crippen LogP contribution is 2.45. The second-order valence-corrected chi connectivity index (χ2v) is 43.9. The van der Waals surface area contributed by atoms with Crippen LogP contribution in [-0.2, 0) is 0 Å². The Balaban J connectivity index is 0.000000349. The molecule has 2 aliphatic carbocycles. The van der Waals surface area contributed by atoms with Crippen LogP contribution in [0.4, 0.5) is 0 Å². The van der Waals surface area contributed by atoms with E-state index in [-0.39, 0.29) is 15.9 Å². The van der Waals surface area contributed by atoms with Crippen molar-refractivity contribution in [3.8, 4) is 11.4 Å². The van der Waals surface area contributed by atoms with Gasteiger partial charge in [-0.05, 0) is 96.9 Å². The van der Waals surface area contributed by atoms with Crippen molar-refractivity contribution in [2.24, 2.45) is 29.6 Å². The molecule has 0 heterocycles. The molecule has 0 N–H and O–H groups in total. The van der Waals surface area contributed by atoms with Crippen molar-refractivity contribution in [3.05, 3.63) is 195 Å². The first-order valence-electron chi connectivity index (χ1n) is 45.1. The predicted octanol–water partition coefficient (Wildman–Crippen LogP) is 30.7. The van der Waals surface area contributed by atoms with Gasteiger partial charge in [0.2, 0.25) is 20.1 Å². The number of fused-ring (bicyclic) bond motifs is 2. The monoisotopic (exact) mass is 1500 g/mol. The molecule has 0 aromatic heterocycles. The first-order valence-corrected chi connectivity index (χ1v) is 48.6. The van der Waals surface area contributed by atoms with Crippen LogP contribution in [0.25, 0.3) is 21.5 Å². The van der Waals surface area contributed by atoms with Crippen LogP contribution in [0.2, 0.25) is 70.5 Å². The van der Waals surface area contributed by atoms with Gasteiger partial charge in [0.05, 0.1) is 0 Å². The molecule has 600 valence electrons. The molecule has 110 heavy (non-hydrogen) atoms. The van der Waals surface area contributed by atoms with Crippen molar-refractivity contribution in [1.82, 2.24) is 0 Å². The van der Waals surface area contributed by atoms with Crippen LogP contribution in [0.3, 0.4) is 0 Å². The lowest BCUT2D eigenvalue weighted by molar-refractivity contribution is 0.460. The third-order valence-corrected chi connectivity index (χ3v) is 28.5. The van der Waals surface area contributed by atoms with Gasteiger partial charge in [0.15, 0.2) is 13.4 Å². The molecule has 2 fully saturated rings. The molecule has 8 rings (SSSR count). The molecule has 2 saturated carbocycles. The van der Waals surface area contributed by atoms with Gasteiger partial charge in [-0.15, -0.1) is 42.6 Å². The fourth-order valence-corrected chi connectivity index (χ4v) is 16.9. The number of benzene rings is 6. The van der Waals surface area contributed by atoms with Gasteiger partial charge in [0.1, 0.15) is 14.8 Å². The lowest BCUT2D eigenvalue weighted by atomic mass is 9.25. The number of hydrogen-bond acceptors (Lipinski definition) is 0. The minimum atomic E-state index is -1.21. The van der Waals surface area contributed by atoms with E-state index in [0.29, 0.717) is 61.2 Å². The minimum absolute atomic E-state index is 0.119. The molecule has 0 unspecified atom stereocenters. The zero-order chi connectivity index (χ0) is 82.3. The Labute approximate surface area is 687 Å². The topological polar surface area (TPSA) is 0 Å². The van der Waals surface area contributed by atoms with Crippen LogP contribution >= 0.6 is 0 Å². The van der Waals surface area contributed by atoms with Crippen LogP contribution in [0.15, 0.2) is 195 Å². The molecule has 0 saturated heterocycles. The molecule has 0 amide bonds. The number of hydrogen-bond donors (Lipinski definition) is 0. The van der Waals surface area contributed by atoms with E-state index in [0.717, 1.165) is 31.0 Å². The highest BCUT2D eigenvalue weighted by molar-refractivity contribution is 6.91. The number of allylic oxidation sites excluding steroid dienone is 2. The summed E-state index contributed by atoms with van der Waals surface area (Å²) < 4.78 is 0. The summed E-state index contributed by atoms with van der Waals surface area (Å²) in [5.74, 6) is 17.9. The Kier molecular flexibility index (Phi) is 45.4. The van der Waals surface area contributed by atoms with E-state index in [9.17, 15) is 0 Å². The normalized spacial score (nSPS) is 13.9. The van der Waals surface area contributed by atoms with Crippen LogP contribution < -0.4 is 21.9 Å². The summed E-state index contributed by atoms with van der Waals surface area (Å²) in [5.41, 5.74) is 9.39. The molecule has 0 nitrogen and oxygen atoms in total. The minimum Gasteiger partial charge on any atom is -0.162 e. The first kappa shape index (κ1) is 99.2. The summed E-state index contributed by atoms with van der Waals surface area (Å²) in [7, 11) is -1.21. The molecule has 7 heteroatoms. The van der Waals surface area contributed by atoms with E-state index in [1.54, 1.807) is 0 Å². The van der Waals surface area contributed by atoms with Crippen molar-refractivity contribution in [1.29, 1.82) is 0 Å². The lowest BCUT2D eigenvalue weighted by Crippen LogP contribution is -2.52. The second kappa shape index (κ2) is 50.3. The highest BCUT2D eigenvalue weighted by Gasteiger charge is 2.42. The predicted molar refractivity (Wildman–Crippen MR) is 520 cm³/mol. The Bertz CT molecular complexity index is 3390. The maximum absolute atomic E-state index is 3.81. The Morgan fingerprint density at radius 1 is 0.391 bits per heavy atom. The highest BCUT2D eigenvalue weighted by atomic mass is 28.3. The van der Waals surface area contributed by atoms with Gasteiger partial charge in [-0.25, -0.2) is 0 Å². The Morgan fingerprint density at radius 3 is 1.05 bits per heavy atom. The molecule has 0 atom stereocenters. The third-order valence-electron chi connectivity index (χ3n) is 27.6. The molecular formula is C103H166B6Si. The zero-order valence-electron chi connectivity index (χ0n) is 76.8. The van der Waals surface area contributed by atoms with E-state index in [1.807, 2.05) is 12.0 Å². The van der Waals surface area contributed by atoms with Crippen molar-refractivity contribution >= 4 is 91.7 Å². The molecule has 2 aliphatic rings. The van der Waals surface area contributed by atoms with Gasteiger partial charge in [0, 0.05) is 0 Å². The molecule has 6 aromatic carbocycles. The summed E-state index contributed by atoms with van der Waals surface area (Å²) in [5, 5.41) is 6.86. The van der Waals surface area contributed by atoms with Gasteiger partial charge in [-0.1, -0.05) is 499 Å². The SMILES string of the molecule is C=CB(C=C)C(C)(C)C(C)C.CC(C)C(C)(C)B(c1cccc2ccccc12)c1cccc2ccccc12.CC(C)C(C)(C)B(c1ccccc1)c1ccccc1.CCCCB(CCCC)C(C)(C)C(C)C.CCCCC=CB(C=CCCCC)C(C)(C)C(C)C.C[Si](C)(C)C#CB(C1CCCCC1)C1CCCCC1. The van der Waals surface area contributed by atoms with Crippen molar-refractivity contribution in [2.45, 2.75) is 365 Å². The maximum Gasteiger partial charge on any atom is 0.236 e. The second-order valence-electron chi connectivity index (χ2n) is 39.2. The molecule has 0 radical (unpaired) electrons. The fraction of sp³-hybridized carbons (Fsp3) is 0.592. The fourth-order valence-electron chi connectivity index (χ4n) is 16.3. The average Bonchev–Trinajstić information content (AvgIpc) is 0.753. The summed E-state index contributed by atoms with van der Waals surface area (Å²) in [6.07, 6.45) is 35.4. The number of rotatable bonds is 32. The summed E-state index contributed by atoms with van der Waals surface area (Å²) in [6, 6.07) is 52.9. The number of unbranched alkanes of at least 4 members (excludes halogenated alkanes) is 6. The van der Waals surface area contributed by atoms with E-state index < -0.39 is 8.07 Å². The van der Waals surface area contributed by atoms with Gasteiger partial charge < -0.3 is 0 Å². The molecule has 0 aliphatic heterocycles. The third kappa shape index (κ3) is 32.0. The quantitative estimate of drug-likeness (QED) is 0.0224. The van der Waals surface area contributed by atoms with E-state index in [1.165, 1.54) is 184 Å². The van der Waals surface area contributed by atoms with Gasteiger partial charge in [-0.2, -0.15) is 5.82 Å². The lowest BCUT2D eigenvalue weighted by Gasteiger charge is -2.37.